The van der Waals surface area contributed by atoms with Crippen LogP contribution in [0.4, 0.5) is 0 Å². The van der Waals surface area contributed by atoms with Crippen LogP contribution in [0.5, 0.6) is 0 Å². The molecular weight excluding hydrogens is 339 g/mol. The maximum atomic E-state index is 6.35. The number of benzene rings is 2. The summed E-state index contributed by atoms with van der Waals surface area (Å²) >= 11 is 6.35. The second kappa shape index (κ2) is 8.39. The molecule has 0 unspecified atom stereocenters. The fraction of sp³-hybridized carbons (Fsp3) is 0.200. The van der Waals surface area contributed by atoms with Crippen molar-refractivity contribution in [2.45, 2.75) is 20.0 Å². The maximum Gasteiger partial charge on any atom is 0.0493 e. The second-order valence-corrected chi connectivity index (χ2v) is 6.09. The number of nitrogens with one attached hydrogen (secondary N) is 1. The zero-order valence-electron chi connectivity index (χ0n) is 13.8. The molecule has 3 rings (SSSR count). The van der Waals surface area contributed by atoms with Crippen molar-refractivity contribution in [2.75, 3.05) is 6.54 Å². The second-order valence-electron chi connectivity index (χ2n) is 5.68. The highest BCUT2D eigenvalue weighted by Gasteiger charge is 2.14. The SMILES string of the molecule is C=CCNCc1c(C)n(Cc2ccccc2Cl)c2ccccc12.Cl. The molecule has 0 spiro atoms. The van der Waals surface area contributed by atoms with Gasteiger partial charge in [-0.1, -0.05) is 54.1 Å². The molecule has 0 fully saturated rings. The van der Waals surface area contributed by atoms with Crippen molar-refractivity contribution in [3.63, 3.8) is 0 Å². The molecule has 0 saturated heterocycles. The topological polar surface area (TPSA) is 17.0 Å². The quantitative estimate of drug-likeness (QED) is 0.463. The Hall–Kier alpha value is -1.74. The fourth-order valence-electron chi connectivity index (χ4n) is 3.03. The van der Waals surface area contributed by atoms with Gasteiger partial charge in [0.05, 0.1) is 0 Å². The van der Waals surface area contributed by atoms with Crippen molar-refractivity contribution in [1.82, 2.24) is 9.88 Å². The monoisotopic (exact) mass is 360 g/mol. The van der Waals surface area contributed by atoms with E-state index in [9.17, 15) is 0 Å². The van der Waals surface area contributed by atoms with Gasteiger partial charge in [-0.25, -0.2) is 0 Å². The number of rotatable bonds is 6. The van der Waals surface area contributed by atoms with Crippen LogP contribution in [-0.2, 0) is 13.1 Å². The lowest BCUT2D eigenvalue weighted by Crippen LogP contribution is -2.13. The van der Waals surface area contributed by atoms with Crippen molar-refractivity contribution in [3.05, 3.63) is 83.0 Å². The van der Waals surface area contributed by atoms with E-state index in [-0.39, 0.29) is 12.4 Å². The van der Waals surface area contributed by atoms with Gasteiger partial charge in [-0.3, -0.25) is 0 Å². The Morgan fingerprint density at radius 1 is 1.12 bits per heavy atom. The molecule has 4 heteroatoms. The zero-order valence-corrected chi connectivity index (χ0v) is 15.3. The minimum absolute atomic E-state index is 0. The average Bonchev–Trinajstić information content (AvgIpc) is 2.83. The molecule has 0 saturated carbocycles. The van der Waals surface area contributed by atoms with Gasteiger partial charge in [0.2, 0.25) is 0 Å². The van der Waals surface area contributed by atoms with Gasteiger partial charge in [-0.2, -0.15) is 0 Å². The highest BCUT2D eigenvalue weighted by Crippen LogP contribution is 2.28. The normalized spacial score (nSPS) is 10.6. The van der Waals surface area contributed by atoms with Crippen LogP contribution in [0.3, 0.4) is 0 Å². The third kappa shape index (κ3) is 3.67. The zero-order chi connectivity index (χ0) is 16.2. The number of hydrogen-bond acceptors (Lipinski definition) is 1. The van der Waals surface area contributed by atoms with Gasteiger partial charge >= 0.3 is 0 Å². The first-order valence-corrected chi connectivity index (χ1v) is 8.22. The highest BCUT2D eigenvalue weighted by molar-refractivity contribution is 6.31. The van der Waals surface area contributed by atoms with E-state index in [2.05, 4.69) is 53.7 Å². The smallest absolute Gasteiger partial charge is 0.0493 e. The van der Waals surface area contributed by atoms with Crippen molar-refractivity contribution >= 4 is 34.9 Å². The van der Waals surface area contributed by atoms with Crippen LogP contribution in [0.25, 0.3) is 10.9 Å². The van der Waals surface area contributed by atoms with Crippen molar-refractivity contribution < 1.29 is 0 Å². The molecular formula is C20H22Cl2N2. The Balaban J connectivity index is 0.00000208. The summed E-state index contributed by atoms with van der Waals surface area (Å²) in [4.78, 5) is 0. The summed E-state index contributed by atoms with van der Waals surface area (Å²) in [6.07, 6.45) is 1.89. The van der Waals surface area contributed by atoms with E-state index in [1.807, 2.05) is 24.3 Å². The van der Waals surface area contributed by atoms with Crippen molar-refractivity contribution in [1.29, 1.82) is 0 Å². The predicted octanol–water partition coefficient (Wildman–Crippen LogP) is 5.35. The minimum Gasteiger partial charge on any atom is -0.340 e. The first-order chi connectivity index (χ1) is 11.2. The van der Waals surface area contributed by atoms with Crippen LogP contribution in [0.1, 0.15) is 16.8 Å². The highest BCUT2D eigenvalue weighted by atomic mass is 35.5. The van der Waals surface area contributed by atoms with Crippen LogP contribution in [-0.4, -0.2) is 11.1 Å². The average molecular weight is 361 g/mol. The van der Waals surface area contributed by atoms with Crippen LogP contribution in [0.2, 0.25) is 5.02 Å². The summed E-state index contributed by atoms with van der Waals surface area (Å²) in [6, 6.07) is 16.6. The molecule has 0 aliphatic carbocycles. The first-order valence-electron chi connectivity index (χ1n) is 7.84. The fourth-order valence-corrected chi connectivity index (χ4v) is 3.22. The van der Waals surface area contributed by atoms with E-state index >= 15 is 0 Å². The lowest BCUT2D eigenvalue weighted by Gasteiger charge is -2.10. The van der Waals surface area contributed by atoms with E-state index in [4.69, 9.17) is 11.6 Å². The van der Waals surface area contributed by atoms with Gasteiger partial charge in [-0.15, -0.1) is 19.0 Å². The largest absolute Gasteiger partial charge is 0.340 e. The van der Waals surface area contributed by atoms with Crippen molar-refractivity contribution in [3.8, 4) is 0 Å². The standard InChI is InChI=1S/C20H21ClN2.ClH/c1-3-12-22-13-18-15(2)23(20-11-7-5-9-17(18)20)14-16-8-4-6-10-19(16)21;/h3-11,22H,1,12-14H2,2H3;1H. The Morgan fingerprint density at radius 2 is 1.83 bits per heavy atom. The Bertz CT molecular complexity index is 837. The lowest BCUT2D eigenvalue weighted by molar-refractivity contribution is 0.740. The summed E-state index contributed by atoms with van der Waals surface area (Å²) < 4.78 is 2.35. The summed E-state index contributed by atoms with van der Waals surface area (Å²) in [5.41, 5.74) is 5.01. The molecule has 1 heterocycles. The minimum atomic E-state index is 0. The Kier molecular flexibility index (Phi) is 6.50. The van der Waals surface area contributed by atoms with Crippen LogP contribution >= 0.6 is 24.0 Å². The van der Waals surface area contributed by atoms with Gasteiger partial charge < -0.3 is 9.88 Å². The number of aromatic nitrogens is 1. The van der Waals surface area contributed by atoms with Gasteiger partial charge in [0.25, 0.3) is 0 Å². The number of para-hydroxylation sites is 1. The summed E-state index contributed by atoms with van der Waals surface area (Å²) in [5.74, 6) is 0. The van der Waals surface area contributed by atoms with Gasteiger partial charge in [0.15, 0.2) is 0 Å². The maximum absolute atomic E-state index is 6.35. The van der Waals surface area contributed by atoms with E-state index in [0.717, 1.165) is 30.2 Å². The number of hydrogen-bond donors (Lipinski definition) is 1. The van der Waals surface area contributed by atoms with Gasteiger partial charge in [0.1, 0.15) is 0 Å². The molecule has 2 aromatic carbocycles. The molecule has 1 N–H and O–H groups in total. The third-order valence-corrected chi connectivity index (χ3v) is 4.61. The van der Waals surface area contributed by atoms with E-state index in [1.54, 1.807) is 0 Å². The number of halogens is 2. The molecule has 126 valence electrons. The summed E-state index contributed by atoms with van der Waals surface area (Å²) in [7, 11) is 0. The van der Waals surface area contributed by atoms with Crippen LogP contribution in [0, 0.1) is 6.92 Å². The molecule has 2 nitrogen and oxygen atoms in total. The predicted molar refractivity (Wildman–Crippen MR) is 106 cm³/mol. The molecule has 0 aliphatic rings. The first kappa shape index (κ1) is 18.6. The van der Waals surface area contributed by atoms with E-state index < -0.39 is 0 Å². The van der Waals surface area contributed by atoms with Crippen molar-refractivity contribution in [2.24, 2.45) is 0 Å². The van der Waals surface area contributed by atoms with E-state index in [0.29, 0.717) is 0 Å². The van der Waals surface area contributed by atoms with Gasteiger partial charge in [-0.05, 0) is 30.2 Å². The Morgan fingerprint density at radius 3 is 2.58 bits per heavy atom. The van der Waals surface area contributed by atoms with E-state index in [1.165, 1.54) is 22.2 Å². The molecule has 0 aliphatic heterocycles. The Labute approximate surface area is 154 Å². The molecule has 24 heavy (non-hydrogen) atoms. The third-order valence-electron chi connectivity index (χ3n) is 4.24. The summed E-state index contributed by atoms with van der Waals surface area (Å²) in [5, 5.41) is 5.53. The molecule has 3 aromatic rings. The number of fused-ring (bicyclic) bond motifs is 1. The molecule has 0 amide bonds. The molecule has 0 radical (unpaired) electrons. The van der Waals surface area contributed by atoms with Crippen LogP contribution in [0.15, 0.2) is 61.2 Å². The number of nitrogens with zero attached hydrogens (tertiary/aromatic N) is 1. The summed E-state index contributed by atoms with van der Waals surface area (Å²) in [6.45, 7) is 8.38. The lowest BCUT2D eigenvalue weighted by atomic mass is 10.1. The van der Waals surface area contributed by atoms with Gasteiger partial charge in [0, 0.05) is 41.3 Å². The molecule has 0 atom stereocenters. The van der Waals surface area contributed by atoms with Crippen LogP contribution < -0.4 is 5.32 Å². The molecule has 0 bridgehead atoms. The molecule has 1 aromatic heterocycles.